The Labute approximate surface area is 75.2 Å². The number of hydrogen-bond donors (Lipinski definition) is 1. The average Bonchev–Trinajstić information content (AvgIpc) is 2.26. The van der Waals surface area contributed by atoms with E-state index in [1.165, 1.54) is 12.8 Å². The molecule has 2 fully saturated rings. The number of aliphatic hydroxyl groups excluding tert-OH is 1. The lowest BCUT2D eigenvalue weighted by Crippen LogP contribution is -2.36. The topological polar surface area (TPSA) is 20.2 Å². The molecule has 0 heterocycles. The lowest BCUT2D eigenvalue weighted by molar-refractivity contribution is -0.00626. The van der Waals surface area contributed by atoms with E-state index in [-0.39, 0.29) is 11.5 Å². The van der Waals surface area contributed by atoms with Crippen LogP contribution in [0.2, 0.25) is 0 Å². The highest BCUT2D eigenvalue weighted by molar-refractivity contribution is 5.13. The van der Waals surface area contributed by atoms with Gasteiger partial charge in [0.1, 0.15) is 0 Å². The van der Waals surface area contributed by atoms with Crippen molar-refractivity contribution in [2.75, 3.05) is 0 Å². The highest BCUT2D eigenvalue weighted by Gasteiger charge is 2.64. The molecule has 0 saturated heterocycles. The maximum absolute atomic E-state index is 10.1. The first-order chi connectivity index (χ1) is 5.41. The predicted octanol–water partition coefficient (Wildman–Crippen LogP) is 2.44. The fraction of sp³-hybridized carbons (Fsp3) is 1.00. The number of hydrogen-bond acceptors (Lipinski definition) is 1. The molecule has 4 atom stereocenters. The molecule has 2 aliphatic rings. The first-order valence-electron chi connectivity index (χ1n) is 5.09. The van der Waals surface area contributed by atoms with Crippen LogP contribution < -0.4 is 0 Å². The monoisotopic (exact) mass is 168 g/mol. The fourth-order valence-corrected chi connectivity index (χ4v) is 3.81. The first kappa shape index (κ1) is 8.55. The summed E-state index contributed by atoms with van der Waals surface area (Å²) in [7, 11) is 0. The summed E-state index contributed by atoms with van der Waals surface area (Å²) in [5.74, 6) is 1.26. The van der Waals surface area contributed by atoms with E-state index in [2.05, 4.69) is 27.7 Å². The van der Waals surface area contributed by atoms with Crippen LogP contribution in [0.25, 0.3) is 0 Å². The highest BCUT2D eigenvalue weighted by Crippen LogP contribution is 2.67. The molecule has 0 aromatic carbocycles. The second kappa shape index (κ2) is 2.06. The van der Waals surface area contributed by atoms with Crippen molar-refractivity contribution in [1.82, 2.24) is 0 Å². The molecule has 2 bridgehead atoms. The van der Waals surface area contributed by atoms with Crippen LogP contribution in [-0.4, -0.2) is 11.2 Å². The standard InChI is InChI=1S/C11H20O/c1-7-8-5-6-11(4,9(7)12)10(8,2)3/h7-9,12H,5-6H2,1-4H3/t7-,8?,9-,11?/m1/s1. The summed E-state index contributed by atoms with van der Waals surface area (Å²) in [6.07, 6.45) is 2.48. The molecule has 0 aliphatic heterocycles. The molecule has 0 amide bonds. The normalized spacial score (nSPS) is 56.2. The third kappa shape index (κ3) is 0.654. The molecule has 0 spiro atoms. The Morgan fingerprint density at radius 3 is 2.08 bits per heavy atom. The van der Waals surface area contributed by atoms with Gasteiger partial charge < -0.3 is 5.11 Å². The molecule has 2 saturated carbocycles. The van der Waals surface area contributed by atoms with Gasteiger partial charge in [0.05, 0.1) is 6.10 Å². The Bertz CT molecular complexity index is 209. The van der Waals surface area contributed by atoms with Gasteiger partial charge in [0.15, 0.2) is 0 Å². The second-order valence-corrected chi connectivity index (χ2v) is 5.59. The minimum atomic E-state index is -0.0637. The zero-order chi connectivity index (χ0) is 9.15. The van der Waals surface area contributed by atoms with E-state index in [1.807, 2.05) is 0 Å². The van der Waals surface area contributed by atoms with Crippen LogP contribution in [0.1, 0.15) is 40.5 Å². The average molecular weight is 168 g/mol. The van der Waals surface area contributed by atoms with Gasteiger partial charge in [-0.3, -0.25) is 0 Å². The minimum Gasteiger partial charge on any atom is -0.392 e. The number of fused-ring (bicyclic) bond motifs is 2. The summed E-state index contributed by atoms with van der Waals surface area (Å²) < 4.78 is 0. The van der Waals surface area contributed by atoms with Crippen molar-refractivity contribution in [3.05, 3.63) is 0 Å². The summed E-state index contributed by atoms with van der Waals surface area (Å²) in [5.41, 5.74) is 0.545. The van der Waals surface area contributed by atoms with Crippen molar-refractivity contribution in [3.8, 4) is 0 Å². The minimum absolute atomic E-state index is 0.0637. The lowest BCUT2D eigenvalue weighted by Gasteiger charge is -2.37. The molecule has 0 aromatic heterocycles. The zero-order valence-electron chi connectivity index (χ0n) is 8.59. The number of aliphatic hydroxyl groups is 1. The van der Waals surface area contributed by atoms with Crippen molar-refractivity contribution in [3.63, 3.8) is 0 Å². The van der Waals surface area contributed by atoms with E-state index in [4.69, 9.17) is 0 Å². The molecule has 2 aliphatic carbocycles. The smallest absolute Gasteiger partial charge is 0.0627 e. The molecular formula is C11H20O. The van der Waals surface area contributed by atoms with Gasteiger partial charge in [-0.2, -0.15) is 0 Å². The first-order valence-corrected chi connectivity index (χ1v) is 5.09. The van der Waals surface area contributed by atoms with Gasteiger partial charge in [-0.25, -0.2) is 0 Å². The van der Waals surface area contributed by atoms with Crippen molar-refractivity contribution < 1.29 is 5.11 Å². The van der Waals surface area contributed by atoms with Crippen LogP contribution in [-0.2, 0) is 0 Å². The van der Waals surface area contributed by atoms with Crippen LogP contribution in [0, 0.1) is 22.7 Å². The Hall–Kier alpha value is -0.0400. The Morgan fingerprint density at radius 1 is 1.25 bits per heavy atom. The summed E-state index contributed by atoms with van der Waals surface area (Å²) in [6.45, 7) is 9.14. The van der Waals surface area contributed by atoms with Gasteiger partial charge in [0, 0.05) is 0 Å². The van der Waals surface area contributed by atoms with Crippen molar-refractivity contribution >= 4 is 0 Å². The van der Waals surface area contributed by atoms with E-state index in [9.17, 15) is 5.11 Å². The zero-order valence-corrected chi connectivity index (χ0v) is 8.59. The van der Waals surface area contributed by atoms with Gasteiger partial charge in [0.25, 0.3) is 0 Å². The van der Waals surface area contributed by atoms with Gasteiger partial charge in [0.2, 0.25) is 0 Å². The maximum atomic E-state index is 10.1. The van der Waals surface area contributed by atoms with Crippen LogP contribution in [0.3, 0.4) is 0 Å². The van der Waals surface area contributed by atoms with Gasteiger partial charge in [-0.15, -0.1) is 0 Å². The van der Waals surface area contributed by atoms with E-state index in [1.54, 1.807) is 0 Å². The van der Waals surface area contributed by atoms with Crippen LogP contribution in [0.15, 0.2) is 0 Å². The molecule has 1 N–H and O–H groups in total. The Kier molecular flexibility index (Phi) is 1.47. The Morgan fingerprint density at radius 2 is 1.83 bits per heavy atom. The molecule has 1 heteroatoms. The molecule has 2 unspecified atom stereocenters. The molecule has 0 radical (unpaired) electrons. The summed E-state index contributed by atoms with van der Waals surface area (Å²) >= 11 is 0. The molecule has 2 rings (SSSR count). The van der Waals surface area contributed by atoms with E-state index < -0.39 is 0 Å². The second-order valence-electron chi connectivity index (χ2n) is 5.59. The summed E-state index contributed by atoms with van der Waals surface area (Å²) in [6, 6.07) is 0. The van der Waals surface area contributed by atoms with Crippen LogP contribution in [0.5, 0.6) is 0 Å². The third-order valence-corrected chi connectivity index (χ3v) is 5.16. The van der Waals surface area contributed by atoms with Gasteiger partial charge in [-0.05, 0) is 35.5 Å². The quantitative estimate of drug-likeness (QED) is 0.589. The SMILES string of the molecule is C[C@@H]1C2CCC(C)([C@@H]1O)C2(C)C. The molecule has 0 aromatic rings. The van der Waals surface area contributed by atoms with Crippen molar-refractivity contribution in [1.29, 1.82) is 0 Å². The fourth-order valence-electron chi connectivity index (χ4n) is 3.81. The summed E-state index contributed by atoms with van der Waals surface area (Å²) in [4.78, 5) is 0. The van der Waals surface area contributed by atoms with Crippen LogP contribution in [0.4, 0.5) is 0 Å². The Balaban J connectivity index is 2.44. The third-order valence-electron chi connectivity index (χ3n) is 5.16. The van der Waals surface area contributed by atoms with Crippen molar-refractivity contribution in [2.24, 2.45) is 22.7 Å². The van der Waals surface area contributed by atoms with E-state index >= 15 is 0 Å². The molecule has 12 heavy (non-hydrogen) atoms. The van der Waals surface area contributed by atoms with E-state index in [0.717, 1.165) is 5.92 Å². The lowest BCUT2D eigenvalue weighted by atomic mass is 9.70. The predicted molar refractivity (Wildman–Crippen MR) is 49.8 cm³/mol. The molecular weight excluding hydrogens is 148 g/mol. The van der Waals surface area contributed by atoms with Crippen LogP contribution >= 0.6 is 0 Å². The van der Waals surface area contributed by atoms with Crippen molar-refractivity contribution in [2.45, 2.75) is 46.6 Å². The number of rotatable bonds is 0. The maximum Gasteiger partial charge on any atom is 0.0627 e. The largest absolute Gasteiger partial charge is 0.392 e. The highest BCUT2D eigenvalue weighted by atomic mass is 16.3. The van der Waals surface area contributed by atoms with Gasteiger partial charge in [-0.1, -0.05) is 27.7 Å². The van der Waals surface area contributed by atoms with E-state index in [0.29, 0.717) is 11.3 Å². The summed E-state index contributed by atoms with van der Waals surface area (Å²) in [5, 5.41) is 10.1. The van der Waals surface area contributed by atoms with Gasteiger partial charge >= 0.3 is 0 Å². The molecule has 70 valence electrons. The molecule has 1 nitrogen and oxygen atoms in total.